The van der Waals surface area contributed by atoms with Gasteiger partial charge in [-0.1, -0.05) is 13.0 Å². The lowest BCUT2D eigenvalue weighted by atomic mass is 10.1. The van der Waals surface area contributed by atoms with Gasteiger partial charge in [0.25, 0.3) is 0 Å². The molecule has 0 saturated heterocycles. The zero-order valence-corrected chi connectivity index (χ0v) is 10.4. The quantitative estimate of drug-likeness (QED) is 0.829. The minimum Gasteiger partial charge on any atom is -0.494 e. The lowest BCUT2D eigenvalue weighted by Gasteiger charge is -2.10. The largest absolute Gasteiger partial charge is 0.494 e. The fourth-order valence-corrected chi connectivity index (χ4v) is 2.20. The van der Waals surface area contributed by atoms with E-state index >= 15 is 0 Å². The number of rotatable bonds is 3. The molecule has 6 nitrogen and oxygen atoms in total. The zero-order chi connectivity index (χ0) is 12.7. The third kappa shape index (κ3) is 1.61. The molecule has 94 valence electrons. The summed E-state index contributed by atoms with van der Waals surface area (Å²) in [5, 5.41) is 11.9. The third-order valence-corrected chi connectivity index (χ3v) is 3.36. The Morgan fingerprint density at radius 2 is 2.22 bits per heavy atom. The molecule has 2 aromatic rings. The van der Waals surface area contributed by atoms with Crippen LogP contribution in [0.3, 0.4) is 0 Å². The number of anilines is 1. The van der Waals surface area contributed by atoms with Crippen molar-refractivity contribution >= 4 is 5.69 Å². The van der Waals surface area contributed by atoms with Gasteiger partial charge >= 0.3 is 0 Å². The van der Waals surface area contributed by atoms with E-state index < -0.39 is 0 Å². The number of aromatic nitrogens is 4. The SMILES string of the molecule is COc1c(N)cccc1-c1nnnn1C1CC1C. The molecule has 0 radical (unpaired) electrons. The van der Waals surface area contributed by atoms with Gasteiger partial charge in [-0.15, -0.1) is 5.10 Å². The first-order valence-corrected chi connectivity index (χ1v) is 5.93. The number of nitrogens with zero attached hydrogens (tertiary/aromatic N) is 4. The first-order valence-electron chi connectivity index (χ1n) is 5.93. The maximum absolute atomic E-state index is 5.90. The molecule has 2 unspecified atom stereocenters. The van der Waals surface area contributed by atoms with Crippen molar-refractivity contribution in [3.05, 3.63) is 18.2 Å². The Hall–Kier alpha value is -2.11. The van der Waals surface area contributed by atoms with Crippen molar-refractivity contribution in [2.45, 2.75) is 19.4 Å². The molecule has 2 atom stereocenters. The van der Waals surface area contributed by atoms with Gasteiger partial charge in [0.15, 0.2) is 11.6 Å². The van der Waals surface area contributed by atoms with Crippen LogP contribution in [-0.2, 0) is 0 Å². The monoisotopic (exact) mass is 245 g/mol. The molecular formula is C12H15N5O. The zero-order valence-electron chi connectivity index (χ0n) is 10.4. The second-order valence-corrected chi connectivity index (χ2v) is 4.66. The van der Waals surface area contributed by atoms with Crippen LogP contribution in [0.2, 0.25) is 0 Å². The number of benzene rings is 1. The lowest BCUT2D eigenvalue weighted by Crippen LogP contribution is -2.03. The molecular weight excluding hydrogens is 230 g/mol. The summed E-state index contributed by atoms with van der Waals surface area (Å²) in [4.78, 5) is 0. The summed E-state index contributed by atoms with van der Waals surface area (Å²) in [6.45, 7) is 2.19. The summed E-state index contributed by atoms with van der Waals surface area (Å²) in [6.07, 6.45) is 1.11. The van der Waals surface area contributed by atoms with Crippen molar-refractivity contribution in [1.29, 1.82) is 0 Å². The molecule has 2 N–H and O–H groups in total. The van der Waals surface area contributed by atoms with Crippen LogP contribution in [0.4, 0.5) is 5.69 Å². The molecule has 1 heterocycles. The Morgan fingerprint density at radius 3 is 2.89 bits per heavy atom. The van der Waals surface area contributed by atoms with Crippen molar-refractivity contribution in [3.8, 4) is 17.1 Å². The average Bonchev–Trinajstić information content (AvgIpc) is 2.91. The molecule has 1 fully saturated rings. The normalized spacial score (nSPS) is 21.9. The summed E-state index contributed by atoms with van der Waals surface area (Å²) < 4.78 is 7.21. The van der Waals surface area contributed by atoms with Crippen molar-refractivity contribution in [3.63, 3.8) is 0 Å². The van der Waals surface area contributed by atoms with Gasteiger partial charge < -0.3 is 10.5 Å². The Kier molecular flexibility index (Phi) is 2.43. The number of nitrogen functional groups attached to an aromatic ring is 1. The Morgan fingerprint density at radius 1 is 1.44 bits per heavy atom. The van der Waals surface area contributed by atoms with Gasteiger partial charge in [0.2, 0.25) is 0 Å². The van der Waals surface area contributed by atoms with E-state index in [4.69, 9.17) is 10.5 Å². The summed E-state index contributed by atoms with van der Waals surface area (Å²) in [7, 11) is 1.60. The summed E-state index contributed by atoms with van der Waals surface area (Å²) in [5.74, 6) is 1.97. The van der Waals surface area contributed by atoms with Gasteiger partial charge in [0, 0.05) is 0 Å². The second-order valence-electron chi connectivity index (χ2n) is 4.66. The van der Waals surface area contributed by atoms with E-state index in [0.717, 1.165) is 12.0 Å². The van der Waals surface area contributed by atoms with E-state index in [0.29, 0.717) is 29.2 Å². The molecule has 1 aromatic heterocycles. The minimum atomic E-state index is 0.390. The minimum absolute atomic E-state index is 0.390. The van der Waals surface area contributed by atoms with E-state index in [9.17, 15) is 0 Å². The van der Waals surface area contributed by atoms with Gasteiger partial charge in [-0.2, -0.15) is 0 Å². The molecule has 1 aliphatic carbocycles. The van der Waals surface area contributed by atoms with Crippen LogP contribution in [0.25, 0.3) is 11.4 Å². The molecule has 0 bridgehead atoms. The van der Waals surface area contributed by atoms with Crippen LogP contribution < -0.4 is 10.5 Å². The van der Waals surface area contributed by atoms with Gasteiger partial charge in [-0.05, 0) is 34.9 Å². The van der Waals surface area contributed by atoms with E-state index in [2.05, 4.69) is 22.4 Å². The highest BCUT2D eigenvalue weighted by molar-refractivity contribution is 5.73. The van der Waals surface area contributed by atoms with E-state index in [1.165, 1.54) is 0 Å². The maximum Gasteiger partial charge on any atom is 0.186 e. The molecule has 18 heavy (non-hydrogen) atoms. The summed E-state index contributed by atoms with van der Waals surface area (Å²) >= 11 is 0. The number of hydrogen-bond acceptors (Lipinski definition) is 5. The van der Waals surface area contributed by atoms with E-state index in [1.807, 2.05) is 16.8 Å². The highest BCUT2D eigenvalue weighted by Crippen LogP contribution is 2.44. The number of nitrogens with two attached hydrogens (primary N) is 1. The maximum atomic E-state index is 5.90. The molecule has 0 aliphatic heterocycles. The smallest absolute Gasteiger partial charge is 0.186 e. The van der Waals surface area contributed by atoms with E-state index in [1.54, 1.807) is 13.2 Å². The third-order valence-electron chi connectivity index (χ3n) is 3.36. The van der Waals surface area contributed by atoms with Crippen LogP contribution in [0.1, 0.15) is 19.4 Å². The van der Waals surface area contributed by atoms with Crippen molar-refractivity contribution in [2.24, 2.45) is 5.92 Å². The van der Waals surface area contributed by atoms with Crippen LogP contribution in [-0.4, -0.2) is 27.3 Å². The van der Waals surface area contributed by atoms with Crippen LogP contribution >= 0.6 is 0 Å². The number of ether oxygens (including phenoxy) is 1. The number of tetrazole rings is 1. The number of para-hydroxylation sites is 1. The number of hydrogen-bond donors (Lipinski definition) is 1. The topological polar surface area (TPSA) is 78.8 Å². The van der Waals surface area contributed by atoms with Crippen LogP contribution in [0.15, 0.2) is 18.2 Å². The molecule has 1 aliphatic rings. The highest BCUT2D eigenvalue weighted by atomic mass is 16.5. The van der Waals surface area contributed by atoms with Crippen LogP contribution in [0.5, 0.6) is 5.75 Å². The molecule has 6 heteroatoms. The molecule has 3 rings (SSSR count). The molecule has 0 amide bonds. The summed E-state index contributed by atoms with van der Waals surface area (Å²) in [6, 6.07) is 5.99. The van der Waals surface area contributed by atoms with Crippen molar-refractivity contribution < 1.29 is 4.74 Å². The first kappa shape index (κ1) is 11.0. The predicted molar refractivity (Wildman–Crippen MR) is 67.0 cm³/mol. The second kappa shape index (κ2) is 3.97. The Bertz CT molecular complexity index is 580. The molecule has 1 saturated carbocycles. The molecule has 1 aromatic carbocycles. The predicted octanol–water partition coefficient (Wildman–Crippen LogP) is 1.51. The molecule has 0 spiro atoms. The Balaban J connectivity index is 2.10. The fourth-order valence-electron chi connectivity index (χ4n) is 2.20. The van der Waals surface area contributed by atoms with Crippen LogP contribution in [0, 0.1) is 5.92 Å². The standard InChI is InChI=1S/C12H15N5O/c1-7-6-10(7)17-12(14-15-16-17)8-4-3-5-9(13)11(8)18-2/h3-5,7,10H,6,13H2,1-2H3. The fraction of sp³-hybridized carbons (Fsp3) is 0.417. The van der Waals surface area contributed by atoms with Gasteiger partial charge in [0.1, 0.15) is 0 Å². The average molecular weight is 245 g/mol. The summed E-state index contributed by atoms with van der Waals surface area (Å²) in [5.41, 5.74) is 7.33. The van der Waals surface area contributed by atoms with Crippen molar-refractivity contribution in [2.75, 3.05) is 12.8 Å². The van der Waals surface area contributed by atoms with Gasteiger partial charge in [-0.25, -0.2) is 4.68 Å². The van der Waals surface area contributed by atoms with E-state index in [-0.39, 0.29) is 0 Å². The van der Waals surface area contributed by atoms with Gasteiger partial charge in [0.05, 0.1) is 24.4 Å². The lowest BCUT2D eigenvalue weighted by molar-refractivity contribution is 0.417. The Labute approximate surface area is 105 Å². The number of methoxy groups -OCH3 is 1. The highest BCUT2D eigenvalue weighted by Gasteiger charge is 2.37. The first-order chi connectivity index (χ1) is 8.72. The van der Waals surface area contributed by atoms with Gasteiger partial charge in [-0.3, -0.25) is 0 Å². The van der Waals surface area contributed by atoms with Crippen molar-refractivity contribution in [1.82, 2.24) is 20.2 Å².